The predicted octanol–water partition coefficient (Wildman–Crippen LogP) is 0.388. The third-order valence-corrected chi connectivity index (χ3v) is 5.70. The fraction of sp³-hybridized carbons (Fsp3) is 0.333. The van der Waals surface area contributed by atoms with Gasteiger partial charge >= 0.3 is 5.97 Å². The molecule has 0 amide bonds. The van der Waals surface area contributed by atoms with Gasteiger partial charge in [0.2, 0.25) is 10.0 Å². The molecule has 7 nitrogen and oxygen atoms in total. The van der Waals surface area contributed by atoms with E-state index < -0.39 is 21.5 Å². The molecule has 1 aromatic carbocycles. The van der Waals surface area contributed by atoms with Crippen LogP contribution in [0.15, 0.2) is 23.1 Å². The lowest BCUT2D eigenvalue weighted by atomic mass is 10.0. The van der Waals surface area contributed by atoms with Gasteiger partial charge in [-0.25, -0.2) is 8.42 Å². The van der Waals surface area contributed by atoms with E-state index in [1.54, 1.807) is 0 Å². The summed E-state index contributed by atoms with van der Waals surface area (Å²) in [5, 5.41) is 17.9. The standard InChI is InChI=1S/C12H12ClN3O4S/c13-9-2-1-8(6-14)5-10(9)21(19,20)16-4-3-12(15,7-16)11(17)18/h1-2,5H,3-4,7,15H2,(H,17,18). The lowest BCUT2D eigenvalue weighted by Crippen LogP contribution is -2.50. The van der Waals surface area contributed by atoms with E-state index in [4.69, 9.17) is 27.7 Å². The third kappa shape index (κ3) is 2.73. The van der Waals surface area contributed by atoms with E-state index in [9.17, 15) is 13.2 Å². The van der Waals surface area contributed by atoms with Gasteiger partial charge in [-0.2, -0.15) is 9.57 Å². The van der Waals surface area contributed by atoms with Crippen LogP contribution < -0.4 is 5.73 Å². The Labute approximate surface area is 126 Å². The van der Waals surface area contributed by atoms with Crippen molar-refractivity contribution < 1.29 is 18.3 Å². The van der Waals surface area contributed by atoms with Crippen LogP contribution in [0, 0.1) is 11.3 Å². The fourth-order valence-electron chi connectivity index (χ4n) is 2.09. The number of carbonyl (C=O) groups is 1. The maximum absolute atomic E-state index is 12.5. The van der Waals surface area contributed by atoms with Gasteiger partial charge in [-0.1, -0.05) is 11.6 Å². The Hall–Kier alpha value is -1.66. The number of nitrogens with zero attached hydrogens (tertiary/aromatic N) is 2. The van der Waals surface area contributed by atoms with Crippen LogP contribution in [-0.4, -0.2) is 42.4 Å². The van der Waals surface area contributed by atoms with Gasteiger partial charge in [-0.15, -0.1) is 0 Å². The smallest absolute Gasteiger partial charge is 0.325 e. The molecule has 1 unspecified atom stereocenters. The van der Waals surface area contributed by atoms with Gasteiger partial charge in [0, 0.05) is 13.1 Å². The molecule has 1 saturated heterocycles. The highest BCUT2D eigenvalue weighted by Crippen LogP contribution is 2.30. The lowest BCUT2D eigenvalue weighted by Gasteiger charge is -2.20. The van der Waals surface area contributed by atoms with Crippen molar-refractivity contribution in [3.63, 3.8) is 0 Å². The van der Waals surface area contributed by atoms with Crippen molar-refractivity contribution in [3.8, 4) is 6.07 Å². The van der Waals surface area contributed by atoms with Crippen molar-refractivity contribution in [3.05, 3.63) is 28.8 Å². The summed E-state index contributed by atoms with van der Waals surface area (Å²) in [6.45, 7) is -0.351. The average molecular weight is 330 g/mol. The molecule has 1 aliphatic heterocycles. The van der Waals surface area contributed by atoms with Gasteiger partial charge < -0.3 is 10.8 Å². The quantitative estimate of drug-likeness (QED) is 0.826. The van der Waals surface area contributed by atoms with E-state index in [0.717, 1.165) is 10.4 Å². The summed E-state index contributed by atoms with van der Waals surface area (Å²) >= 11 is 5.89. The molecule has 1 aliphatic rings. The normalized spacial score (nSPS) is 22.9. The van der Waals surface area contributed by atoms with Gasteiger partial charge in [0.15, 0.2) is 0 Å². The Morgan fingerprint density at radius 3 is 2.71 bits per heavy atom. The molecular formula is C12H12ClN3O4S. The first-order valence-electron chi connectivity index (χ1n) is 5.93. The van der Waals surface area contributed by atoms with E-state index >= 15 is 0 Å². The lowest BCUT2D eigenvalue weighted by molar-refractivity contribution is -0.142. The van der Waals surface area contributed by atoms with Crippen LogP contribution >= 0.6 is 11.6 Å². The van der Waals surface area contributed by atoms with Crippen LogP contribution in [0.3, 0.4) is 0 Å². The van der Waals surface area contributed by atoms with Gasteiger partial charge in [-0.3, -0.25) is 4.79 Å². The number of nitrogens with two attached hydrogens (primary N) is 1. The van der Waals surface area contributed by atoms with Gasteiger partial charge in [0.25, 0.3) is 0 Å². The van der Waals surface area contributed by atoms with Crippen molar-refractivity contribution in [1.29, 1.82) is 5.26 Å². The summed E-state index contributed by atoms with van der Waals surface area (Å²) in [5.41, 5.74) is 4.21. The molecule has 0 saturated carbocycles. The molecule has 0 aliphatic carbocycles. The molecule has 112 valence electrons. The van der Waals surface area contributed by atoms with Gasteiger partial charge in [0.05, 0.1) is 16.7 Å². The molecule has 1 heterocycles. The zero-order chi connectivity index (χ0) is 15.8. The highest BCUT2D eigenvalue weighted by Gasteiger charge is 2.46. The first-order chi connectivity index (χ1) is 9.70. The number of aliphatic carboxylic acids is 1. The van der Waals surface area contributed by atoms with E-state index in [0.29, 0.717) is 0 Å². The number of sulfonamides is 1. The molecule has 1 fully saturated rings. The maximum atomic E-state index is 12.5. The molecule has 1 aromatic rings. The molecule has 0 radical (unpaired) electrons. The zero-order valence-corrected chi connectivity index (χ0v) is 12.4. The minimum absolute atomic E-state index is 0.0110. The second kappa shape index (κ2) is 5.27. The summed E-state index contributed by atoms with van der Waals surface area (Å²) in [7, 11) is -4.00. The largest absolute Gasteiger partial charge is 0.480 e. The number of halogens is 1. The van der Waals surface area contributed by atoms with E-state index in [1.165, 1.54) is 12.1 Å². The molecule has 1 atom stereocenters. The Kier molecular flexibility index (Phi) is 3.95. The maximum Gasteiger partial charge on any atom is 0.325 e. The van der Waals surface area contributed by atoms with Crippen molar-refractivity contribution in [2.24, 2.45) is 5.73 Å². The van der Waals surface area contributed by atoms with Crippen molar-refractivity contribution in [2.45, 2.75) is 16.9 Å². The van der Waals surface area contributed by atoms with E-state index in [-0.39, 0.29) is 35.0 Å². The number of carboxylic acids is 1. The van der Waals surface area contributed by atoms with Crippen molar-refractivity contribution in [1.82, 2.24) is 4.31 Å². The van der Waals surface area contributed by atoms with Crippen LogP contribution in [0.5, 0.6) is 0 Å². The van der Waals surface area contributed by atoms with Crippen LogP contribution in [-0.2, 0) is 14.8 Å². The molecule has 21 heavy (non-hydrogen) atoms. The SMILES string of the molecule is N#Cc1ccc(Cl)c(S(=O)(=O)N2CCC(N)(C(=O)O)C2)c1. The number of nitriles is 1. The minimum atomic E-state index is -4.00. The van der Waals surface area contributed by atoms with Gasteiger partial charge in [-0.05, 0) is 24.6 Å². The number of hydrogen-bond donors (Lipinski definition) is 2. The third-order valence-electron chi connectivity index (χ3n) is 3.37. The molecule has 0 spiro atoms. The van der Waals surface area contributed by atoms with E-state index in [1.807, 2.05) is 6.07 Å². The second-order valence-electron chi connectivity index (χ2n) is 4.81. The number of rotatable bonds is 3. The first kappa shape index (κ1) is 15.7. The zero-order valence-electron chi connectivity index (χ0n) is 10.8. The molecule has 3 N–H and O–H groups in total. The Morgan fingerprint density at radius 1 is 1.52 bits per heavy atom. The molecule has 2 rings (SSSR count). The van der Waals surface area contributed by atoms with Crippen LogP contribution in [0.25, 0.3) is 0 Å². The van der Waals surface area contributed by atoms with Crippen molar-refractivity contribution >= 4 is 27.6 Å². The highest BCUT2D eigenvalue weighted by atomic mass is 35.5. The predicted molar refractivity (Wildman–Crippen MR) is 74.1 cm³/mol. The summed E-state index contributed by atoms with van der Waals surface area (Å²) in [5.74, 6) is -1.25. The fourth-order valence-corrected chi connectivity index (χ4v) is 4.10. The van der Waals surface area contributed by atoms with Crippen LogP contribution in [0.2, 0.25) is 5.02 Å². The first-order valence-corrected chi connectivity index (χ1v) is 7.74. The Morgan fingerprint density at radius 2 is 2.19 bits per heavy atom. The average Bonchev–Trinajstić information content (AvgIpc) is 2.84. The topological polar surface area (TPSA) is 124 Å². The summed E-state index contributed by atoms with van der Waals surface area (Å²) < 4.78 is 26.0. The van der Waals surface area contributed by atoms with Crippen LogP contribution in [0.4, 0.5) is 0 Å². The van der Waals surface area contributed by atoms with E-state index in [2.05, 4.69) is 0 Å². The number of hydrogen-bond acceptors (Lipinski definition) is 5. The number of carboxylic acid groups (broad SMARTS) is 1. The second-order valence-corrected chi connectivity index (χ2v) is 7.12. The highest BCUT2D eigenvalue weighted by molar-refractivity contribution is 7.89. The summed E-state index contributed by atoms with van der Waals surface area (Å²) in [6, 6.07) is 5.71. The number of benzene rings is 1. The molecule has 9 heteroatoms. The summed E-state index contributed by atoms with van der Waals surface area (Å²) in [6.07, 6.45) is 0.0110. The molecular weight excluding hydrogens is 318 g/mol. The minimum Gasteiger partial charge on any atom is -0.480 e. The van der Waals surface area contributed by atoms with Crippen molar-refractivity contribution in [2.75, 3.05) is 13.1 Å². The Balaban J connectivity index is 2.41. The summed E-state index contributed by atoms with van der Waals surface area (Å²) in [4.78, 5) is 10.9. The Bertz CT molecular complexity index is 743. The van der Waals surface area contributed by atoms with Gasteiger partial charge in [0.1, 0.15) is 10.4 Å². The molecule has 0 bridgehead atoms. The van der Waals surface area contributed by atoms with Crippen LogP contribution in [0.1, 0.15) is 12.0 Å². The molecule has 0 aromatic heterocycles. The monoisotopic (exact) mass is 329 g/mol.